The van der Waals surface area contributed by atoms with Gasteiger partial charge in [-0.05, 0) is 27.7 Å². The number of carbonyl (C=O) groups is 1. The number of alkyl carbamates (subject to hydrolysis) is 1. The predicted octanol–water partition coefficient (Wildman–Crippen LogP) is 1.11. The number of hydrogen-bond acceptors (Lipinski definition) is 5. The molecule has 1 amide bonds. The van der Waals surface area contributed by atoms with E-state index in [4.69, 9.17) is 4.74 Å². The number of rotatable bonds is 6. The molecule has 0 aliphatic carbocycles. The molecule has 9 nitrogen and oxygen atoms in total. The second-order valence-electron chi connectivity index (χ2n) is 5.81. The number of aromatic nitrogens is 3. The van der Waals surface area contributed by atoms with Gasteiger partial charge in [0.15, 0.2) is 11.8 Å². The first kappa shape index (κ1) is 22.4. The largest absolute Gasteiger partial charge is 0.444 e. The molecule has 0 saturated heterocycles. The molecule has 1 aromatic heterocycles. The third-order valence-corrected chi connectivity index (χ3v) is 2.76. The number of nitrogens with one attached hydrogen (secondary N) is 3. The first-order valence-corrected chi connectivity index (χ1v) is 7.63. The number of halogens is 1. The lowest BCUT2D eigenvalue weighted by atomic mass is 10.2. The van der Waals surface area contributed by atoms with Crippen LogP contribution in [-0.2, 0) is 17.8 Å². The minimum absolute atomic E-state index is 0. The maximum Gasteiger partial charge on any atom is 0.407 e. The molecular formula is C14H28IN7O2. The van der Waals surface area contributed by atoms with Gasteiger partial charge in [-0.15, -0.1) is 34.2 Å². The molecule has 3 N–H and O–H groups in total. The van der Waals surface area contributed by atoms with E-state index >= 15 is 0 Å². The van der Waals surface area contributed by atoms with Crippen molar-refractivity contribution in [2.75, 3.05) is 20.1 Å². The molecule has 0 unspecified atom stereocenters. The quantitative estimate of drug-likeness (QED) is 0.258. The molecule has 138 valence electrons. The van der Waals surface area contributed by atoms with E-state index in [1.165, 1.54) is 0 Å². The number of carbonyl (C=O) groups excluding carboxylic acids is 1. The van der Waals surface area contributed by atoms with E-state index in [0.29, 0.717) is 25.6 Å². The fourth-order valence-electron chi connectivity index (χ4n) is 1.72. The smallest absolute Gasteiger partial charge is 0.407 e. The number of aryl methyl sites for hydroxylation is 1. The van der Waals surface area contributed by atoms with Crippen LogP contribution in [0, 0.1) is 0 Å². The molecular weight excluding hydrogens is 425 g/mol. The third-order valence-electron chi connectivity index (χ3n) is 2.76. The molecule has 24 heavy (non-hydrogen) atoms. The molecule has 1 aromatic rings. The lowest BCUT2D eigenvalue weighted by molar-refractivity contribution is 0.0529. The molecule has 0 aliphatic rings. The van der Waals surface area contributed by atoms with E-state index in [-0.39, 0.29) is 24.0 Å². The van der Waals surface area contributed by atoms with Crippen LogP contribution >= 0.6 is 24.0 Å². The van der Waals surface area contributed by atoms with Crippen LogP contribution in [0.5, 0.6) is 0 Å². The lowest BCUT2D eigenvalue weighted by Crippen LogP contribution is -2.42. The highest BCUT2D eigenvalue weighted by atomic mass is 127. The maximum atomic E-state index is 11.5. The van der Waals surface area contributed by atoms with Crippen LogP contribution in [0.1, 0.15) is 33.5 Å². The van der Waals surface area contributed by atoms with Gasteiger partial charge in [0.05, 0.1) is 6.54 Å². The van der Waals surface area contributed by atoms with E-state index < -0.39 is 11.7 Å². The van der Waals surface area contributed by atoms with Crippen LogP contribution in [0.2, 0.25) is 0 Å². The Morgan fingerprint density at radius 3 is 2.54 bits per heavy atom. The second-order valence-corrected chi connectivity index (χ2v) is 5.81. The Labute approximate surface area is 160 Å². The van der Waals surface area contributed by atoms with E-state index in [2.05, 4.69) is 31.1 Å². The van der Waals surface area contributed by atoms with Crippen LogP contribution in [0.3, 0.4) is 0 Å². The highest BCUT2D eigenvalue weighted by Crippen LogP contribution is 2.05. The summed E-state index contributed by atoms with van der Waals surface area (Å²) >= 11 is 0. The van der Waals surface area contributed by atoms with Gasteiger partial charge in [0.2, 0.25) is 0 Å². The molecule has 0 bridgehead atoms. The highest BCUT2D eigenvalue weighted by Gasteiger charge is 2.15. The van der Waals surface area contributed by atoms with Crippen LogP contribution in [0.4, 0.5) is 4.79 Å². The normalized spacial score (nSPS) is 11.5. The van der Waals surface area contributed by atoms with Crippen LogP contribution in [-0.4, -0.2) is 52.6 Å². The Morgan fingerprint density at radius 1 is 1.29 bits per heavy atom. The number of ether oxygens (including phenoxy) is 1. The van der Waals surface area contributed by atoms with Crippen molar-refractivity contribution in [3.05, 3.63) is 12.2 Å². The van der Waals surface area contributed by atoms with Crippen molar-refractivity contribution in [3.8, 4) is 0 Å². The zero-order valence-corrected chi connectivity index (χ0v) is 17.2. The first-order chi connectivity index (χ1) is 10.9. The number of hydrogen-bond donors (Lipinski definition) is 3. The summed E-state index contributed by atoms with van der Waals surface area (Å²) in [5.74, 6) is 1.46. The molecule has 1 rings (SSSR count). The molecule has 10 heteroatoms. The van der Waals surface area contributed by atoms with E-state index in [0.717, 1.165) is 12.4 Å². The average Bonchev–Trinajstić information content (AvgIpc) is 2.92. The summed E-state index contributed by atoms with van der Waals surface area (Å²) in [6.07, 6.45) is 1.26. The van der Waals surface area contributed by atoms with Gasteiger partial charge in [0.1, 0.15) is 11.9 Å². The minimum atomic E-state index is -0.496. The van der Waals surface area contributed by atoms with E-state index in [9.17, 15) is 4.79 Å². The Bertz CT molecular complexity index is 525. The second kappa shape index (κ2) is 11.0. The van der Waals surface area contributed by atoms with Crippen LogP contribution in [0.15, 0.2) is 11.3 Å². The van der Waals surface area contributed by atoms with Crippen molar-refractivity contribution in [3.63, 3.8) is 0 Å². The molecule has 1 heterocycles. The monoisotopic (exact) mass is 453 g/mol. The molecule has 0 atom stereocenters. The predicted molar refractivity (Wildman–Crippen MR) is 104 cm³/mol. The molecule has 0 aromatic carbocycles. The van der Waals surface area contributed by atoms with Gasteiger partial charge in [-0.2, -0.15) is 0 Å². The molecule has 0 radical (unpaired) electrons. The summed E-state index contributed by atoms with van der Waals surface area (Å²) in [5, 5.41) is 16.8. The minimum Gasteiger partial charge on any atom is -0.444 e. The Hall–Kier alpha value is -1.59. The summed E-state index contributed by atoms with van der Waals surface area (Å²) in [6, 6.07) is 0. The van der Waals surface area contributed by atoms with E-state index in [1.807, 2.05) is 32.3 Å². The van der Waals surface area contributed by atoms with Gasteiger partial charge in [0.25, 0.3) is 0 Å². The van der Waals surface area contributed by atoms with Crippen molar-refractivity contribution in [1.29, 1.82) is 0 Å². The summed E-state index contributed by atoms with van der Waals surface area (Å²) in [4.78, 5) is 15.6. The highest BCUT2D eigenvalue weighted by molar-refractivity contribution is 14.0. The van der Waals surface area contributed by atoms with Gasteiger partial charge >= 0.3 is 6.09 Å². The topological polar surface area (TPSA) is 105 Å². The van der Waals surface area contributed by atoms with Gasteiger partial charge in [-0.25, -0.2) is 4.79 Å². The number of amides is 1. The zero-order valence-electron chi connectivity index (χ0n) is 14.9. The summed E-state index contributed by atoms with van der Waals surface area (Å²) in [6.45, 7) is 9.80. The van der Waals surface area contributed by atoms with Crippen molar-refractivity contribution < 1.29 is 9.53 Å². The molecule has 0 fully saturated rings. The number of guanidine groups is 1. The van der Waals surface area contributed by atoms with Crippen molar-refractivity contribution >= 4 is 36.0 Å². The standard InChI is InChI=1S/C14H27N7O2.HI/c1-6-21-10-19-20-11(21)9-18-12(15-5)16-7-8-17-13(22)23-14(2,3)4;/h10H,6-9H2,1-5H3,(H,17,22)(H2,15,16,18);1H. The maximum absolute atomic E-state index is 11.5. The summed E-state index contributed by atoms with van der Waals surface area (Å²) < 4.78 is 7.10. The number of aliphatic imine (C=N–C) groups is 1. The van der Waals surface area contributed by atoms with Crippen molar-refractivity contribution in [2.45, 2.75) is 46.4 Å². The first-order valence-electron chi connectivity index (χ1n) is 7.63. The SMILES string of the molecule is CCn1cnnc1CNC(=NC)NCCNC(=O)OC(C)(C)C.I. The molecule has 0 aliphatic heterocycles. The van der Waals surface area contributed by atoms with Gasteiger partial charge in [0, 0.05) is 26.7 Å². The Morgan fingerprint density at radius 2 is 1.96 bits per heavy atom. The van der Waals surface area contributed by atoms with Crippen LogP contribution in [0.25, 0.3) is 0 Å². The fraction of sp³-hybridized carbons (Fsp3) is 0.714. The van der Waals surface area contributed by atoms with E-state index in [1.54, 1.807) is 13.4 Å². The van der Waals surface area contributed by atoms with Gasteiger partial charge < -0.3 is 25.3 Å². The number of nitrogens with zero attached hydrogens (tertiary/aromatic N) is 4. The lowest BCUT2D eigenvalue weighted by Gasteiger charge is -2.19. The molecule has 0 saturated carbocycles. The Kier molecular flexibility index (Phi) is 10.3. The summed E-state index contributed by atoms with van der Waals surface area (Å²) in [5.41, 5.74) is -0.496. The van der Waals surface area contributed by atoms with Gasteiger partial charge in [-0.1, -0.05) is 0 Å². The fourth-order valence-corrected chi connectivity index (χ4v) is 1.72. The van der Waals surface area contributed by atoms with Crippen molar-refractivity contribution in [1.82, 2.24) is 30.7 Å². The van der Waals surface area contributed by atoms with Crippen LogP contribution < -0.4 is 16.0 Å². The Balaban J connectivity index is 0.00000529. The average molecular weight is 453 g/mol. The van der Waals surface area contributed by atoms with Crippen molar-refractivity contribution in [2.24, 2.45) is 4.99 Å². The molecule has 0 spiro atoms. The van der Waals surface area contributed by atoms with Gasteiger partial charge in [-0.3, -0.25) is 4.99 Å². The third kappa shape index (κ3) is 8.89. The zero-order chi connectivity index (χ0) is 17.3. The summed E-state index contributed by atoms with van der Waals surface area (Å²) in [7, 11) is 1.68.